The van der Waals surface area contributed by atoms with Gasteiger partial charge in [-0.1, -0.05) is 0 Å². The molecule has 2 heterocycles. The molecule has 0 saturated carbocycles. The van der Waals surface area contributed by atoms with Crippen molar-refractivity contribution in [3.63, 3.8) is 0 Å². The van der Waals surface area contributed by atoms with Crippen LogP contribution in [0.25, 0.3) is 0 Å². The second-order valence-corrected chi connectivity index (χ2v) is 4.21. The van der Waals surface area contributed by atoms with Crippen LogP contribution in [0.5, 0.6) is 0 Å². The predicted molar refractivity (Wildman–Crippen MR) is 66.8 cm³/mol. The van der Waals surface area contributed by atoms with Crippen LogP contribution in [0.15, 0.2) is 18.5 Å². The van der Waals surface area contributed by atoms with Crippen LogP contribution in [-0.2, 0) is 0 Å². The summed E-state index contributed by atoms with van der Waals surface area (Å²) in [4.78, 5) is 6.57. The first-order valence-corrected chi connectivity index (χ1v) is 5.94. The van der Waals surface area contributed by atoms with Gasteiger partial charge in [0, 0.05) is 57.3 Å². The van der Waals surface area contributed by atoms with E-state index in [0.29, 0.717) is 0 Å². The summed E-state index contributed by atoms with van der Waals surface area (Å²) < 4.78 is 0. The Balaban J connectivity index is 1.73. The molecule has 1 saturated heterocycles. The zero-order valence-electron chi connectivity index (χ0n) is 9.87. The Kier molecular flexibility index (Phi) is 4.13. The van der Waals surface area contributed by atoms with E-state index in [1.54, 1.807) is 0 Å². The van der Waals surface area contributed by atoms with Crippen molar-refractivity contribution in [3.8, 4) is 0 Å². The van der Waals surface area contributed by atoms with Crippen molar-refractivity contribution < 1.29 is 0 Å². The number of pyridine rings is 1. The van der Waals surface area contributed by atoms with E-state index in [1.165, 1.54) is 11.3 Å². The largest absolute Gasteiger partial charge is 0.383 e. The van der Waals surface area contributed by atoms with Gasteiger partial charge in [0.25, 0.3) is 0 Å². The second kappa shape index (κ2) is 5.82. The van der Waals surface area contributed by atoms with Crippen LogP contribution < -0.4 is 10.6 Å². The minimum Gasteiger partial charge on any atom is -0.383 e. The van der Waals surface area contributed by atoms with Gasteiger partial charge in [-0.05, 0) is 18.6 Å². The molecule has 1 aliphatic heterocycles. The summed E-state index contributed by atoms with van der Waals surface area (Å²) in [5.74, 6) is 0. The zero-order valence-corrected chi connectivity index (χ0v) is 9.87. The summed E-state index contributed by atoms with van der Waals surface area (Å²) >= 11 is 0. The molecule has 0 amide bonds. The second-order valence-electron chi connectivity index (χ2n) is 4.21. The molecule has 0 aliphatic carbocycles. The maximum absolute atomic E-state index is 4.08. The smallest absolute Gasteiger partial charge is 0.0401 e. The number of aromatic nitrogens is 1. The Labute approximate surface area is 97.1 Å². The molecule has 0 unspecified atom stereocenters. The van der Waals surface area contributed by atoms with Gasteiger partial charge in [-0.25, -0.2) is 0 Å². The third kappa shape index (κ3) is 3.18. The first-order chi connectivity index (χ1) is 7.86. The molecule has 1 aromatic rings. The van der Waals surface area contributed by atoms with Crippen molar-refractivity contribution in [2.75, 3.05) is 44.6 Å². The number of anilines is 1. The number of hydrogen-bond acceptors (Lipinski definition) is 4. The molecule has 0 atom stereocenters. The Morgan fingerprint density at radius 3 is 3.00 bits per heavy atom. The molecule has 0 spiro atoms. The highest BCUT2D eigenvalue weighted by Crippen LogP contribution is 2.10. The summed E-state index contributed by atoms with van der Waals surface area (Å²) in [6.07, 6.45) is 3.73. The average Bonchev–Trinajstić information content (AvgIpc) is 2.33. The number of nitrogens with zero attached hydrogens (tertiary/aromatic N) is 2. The fourth-order valence-corrected chi connectivity index (χ4v) is 1.96. The van der Waals surface area contributed by atoms with Crippen LogP contribution in [-0.4, -0.2) is 49.2 Å². The van der Waals surface area contributed by atoms with Crippen molar-refractivity contribution in [1.29, 1.82) is 0 Å². The minimum absolute atomic E-state index is 1.00. The lowest BCUT2D eigenvalue weighted by Crippen LogP contribution is -2.45. The van der Waals surface area contributed by atoms with Gasteiger partial charge >= 0.3 is 0 Å². The Hall–Kier alpha value is -1.13. The summed E-state index contributed by atoms with van der Waals surface area (Å²) in [7, 11) is 0. The van der Waals surface area contributed by atoms with Crippen molar-refractivity contribution in [3.05, 3.63) is 24.0 Å². The molecule has 4 nitrogen and oxygen atoms in total. The zero-order chi connectivity index (χ0) is 11.2. The fraction of sp³-hybridized carbons (Fsp3) is 0.583. The highest BCUT2D eigenvalue weighted by Gasteiger charge is 2.08. The van der Waals surface area contributed by atoms with Crippen molar-refractivity contribution in [2.24, 2.45) is 0 Å². The summed E-state index contributed by atoms with van der Waals surface area (Å²) in [5, 5.41) is 6.82. The lowest BCUT2D eigenvalue weighted by molar-refractivity contribution is 0.249. The van der Waals surface area contributed by atoms with Crippen LogP contribution in [0, 0.1) is 6.92 Å². The Morgan fingerprint density at radius 1 is 1.44 bits per heavy atom. The maximum atomic E-state index is 4.08. The summed E-state index contributed by atoms with van der Waals surface area (Å²) in [6, 6.07) is 2.03. The lowest BCUT2D eigenvalue weighted by atomic mass is 10.2. The van der Waals surface area contributed by atoms with Crippen molar-refractivity contribution >= 4 is 5.69 Å². The van der Waals surface area contributed by atoms with E-state index < -0.39 is 0 Å². The number of aryl methyl sites for hydroxylation is 1. The molecule has 1 aliphatic rings. The van der Waals surface area contributed by atoms with Gasteiger partial charge in [-0.15, -0.1) is 0 Å². The standard InChI is InChI=1S/C12H20N4/c1-11-10-14-3-2-12(11)15-6-9-16-7-4-13-5-8-16/h2-3,10,13H,4-9H2,1H3,(H,14,15). The van der Waals surface area contributed by atoms with E-state index >= 15 is 0 Å². The molecule has 0 bridgehead atoms. The van der Waals surface area contributed by atoms with Crippen molar-refractivity contribution in [2.45, 2.75) is 6.92 Å². The van der Waals surface area contributed by atoms with E-state index in [1.807, 2.05) is 18.5 Å². The number of piperazine rings is 1. The predicted octanol–water partition coefficient (Wildman–Crippen LogP) is 0.707. The molecule has 1 fully saturated rings. The van der Waals surface area contributed by atoms with Gasteiger partial charge in [0.1, 0.15) is 0 Å². The Morgan fingerprint density at radius 2 is 2.25 bits per heavy atom. The molecule has 0 aromatic carbocycles. The van der Waals surface area contributed by atoms with Gasteiger partial charge in [-0.3, -0.25) is 9.88 Å². The molecule has 1 aromatic heterocycles. The van der Waals surface area contributed by atoms with E-state index in [-0.39, 0.29) is 0 Å². The molecule has 2 rings (SSSR count). The molecular formula is C12H20N4. The van der Waals surface area contributed by atoms with Gasteiger partial charge in [0.2, 0.25) is 0 Å². The average molecular weight is 220 g/mol. The van der Waals surface area contributed by atoms with Crippen LogP contribution in [0.1, 0.15) is 5.56 Å². The van der Waals surface area contributed by atoms with Gasteiger partial charge in [0.05, 0.1) is 0 Å². The molecular weight excluding hydrogens is 200 g/mol. The topological polar surface area (TPSA) is 40.2 Å². The number of rotatable bonds is 4. The summed E-state index contributed by atoms with van der Waals surface area (Å²) in [6.45, 7) is 8.77. The SMILES string of the molecule is Cc1cnccc1NCCN1CCNCC1. The molecule has 88 valence electrons. The third-order valence-corrected chi connectivity index (χ3v) is 2.97. The van der Waals surface area contributed by atoms with E-state index in [9.17, 15) is 0 Å². The first-order valence-electron chi connectivity index (χ1n) is 5.94. The first kappa shape index (κ1) is 11.4. The molecule has 0 radical (unpaired) electrons. The van der Waals surface area contributed by atoms with Gasteiger partial charge in [0.15, 0.2) is 0 Å². The fourth-order valence-electron chi connectivity index (χ4n) is 1.96. The quantitative estimate of drug-likeness (QED) is 0.784. The highest BCUT2D eigenvalue weighted by molar-refractivity contribution is 5.48. The van der Waals surface area contributed by atoms with E-state index in [2.05, 4.69) is 27.4 Å². The molecule has 4 heteroatoms. The number of hydrogen-bond donors (Lipinski definition) is 2. The Bertz CT molecular complexity index is 321. The van der Waals surface area contributed by atoms with Crippen LogP contribution in [0.4, 0.5) is 5.69 Å². The van der Waals surface area contributed by atoms with Crippen LogP contribution in [0.3, 0.4) is 0 Å². The lowest BCUT2D eigenvalue weighted by Gasteiger charge is -2.27. The third-order valence-electron chi connectivity index (χ3n) is 2.97. The maximum Gasteiger partial charge on any atom is 0.0401 e. The summed E-state index contributed by atoms with van der Waals surface area (Å²) in [5.41, 5.74) is 2.41. The van der Waals surface area contributed by atoms with Crippen LogP contribution >= 0.6 is 0 Å². The normalized spacial score (nSPS) is 17.3. The minimum atomic E-state index is 1.00. The van der Waals surface area contributed by atoms with Gasteiger partial charge < -0.3 is 10.6 Å². The van der Waals surface area contributed by atoms with Crippen LogP contribution in [0.2, 0.25) is 0 Å². The number of nitrogens with one attached hydrogen (secondary N) is 2. The van der Waals surface area contributed by atoms with E-state index in [4.69, 9.17) is 0 Å². The van der Waals surface area contributed by atoms with Crippen molar-refractivity contribution in [1.82, 2.24) is 15.2 Å². The molecule has 2 N–H and O–H groups in total. The monoisotopic (exact) mass is 220 g/mol. The van der Waals surface area contributed by atoms with Gasteiger partial charge in [-0.2, -0.15) is 0 Å². The van der Waals surface area contributed by atoms with E-state index in [0.717, 1.165) is 39.3 Å². The highest BCUT2D eigenvalue weighted by atomic mass is 15.2. The molecule has 16 heavy (non-hydrogen) atoms.